The van der Waals surface area contributed by atoms with Crippen molar-refractivity contribution in [3.63, 3.8) is 0 Å². The van der Waals surface area contributed by atoms with Gasteiger partial charge in [-0.1, -0.05) is 23.2 Å². The normalized spacial score (nSPS) is 11.5. The molecule has 0 spiro atoms. The Balaban J connectivity index is 2.37. The van der Waals surface area contributed by atoms with Crippen molar-refractivity contribution in [3.8, 4) is 0 Å². The van der Waals surface area contributed by atoms with Gasteiger partial charge >= 0.3 is 0 Å². The van der Waals surface area contributed by atoms with Gasteiger partial charge in [0.05, 0.1) is 22.6 Å². The zero-order valence-electron chi connectivity index (χ0n) is 9.24. The lowest BCUT2D eigenvalue weighted by atomic mass is 10.3. The van der Waals surface area contributed by atoms with E-state index in [1.807, 2.05) is 0 Å². The van der Waals surface area contributed by atoms with Gasteiger partial charge < -0.3 is 0 Å². The number of nitrogens with one attached hydrogen (secondary N) is 2. The van der Waals surface area contributed by atoms with Gasteiger partial charge in [-0.2, -0.15) is 5.10 Å². The number of benzene rings is 1. The van der Waals surface area contributed by atoms with Crippen LogP contribution in [0.3, 0.4) is 0 Å². The summed E-state index contributed by atoms with van der Waals surface area (Å²) < 4.78 is 26.5. The maximum Gasteiger partial charge on any atom is 0.265 e. The highest BCUT2D eigenvalue weighted by atomic mass is 35.5. The fraction of sp³-hybridized carbons (Fsp3) is 0.100. The fourth-order valence-corrected chi connectivity index (χ4v) is 3.11. The molecule has 0 aliphatic carbocycles. The Morgan fingerprint density at radius 1 is 1.33 bits per heavy atom. The summed E-state index contributed by atoms with van der Waals surface area (Å²) in [6.45, 7) is 1.62. The third-order valence-corrected chi connectivity index (χ3v) is 4.28. The molecule has 0 saturated carbocycles. The van der Waals surface area contributed by atoms with Crippen molar-refractivity contribution < 1.29 is 8.42 Å². The lowest BCUT2D eigenvalue weighted by molar-refractivity contribution is 0.600. The maximum atomic E-state index is 12.1. The van der Waals surface area contributed by atoms with Crippen LogP contribution in [0.25, 0.3) is 0 Å². The second-order valence-corrected chi connectivity index (χ2v) is 6.08. The first-order valence-electron chi connectivity index (χ1n) is 4.88. The molecule has 1 aromatic carbocycles. The summed E-state index contributed by atoms with van der Waals surface area (Å²) in [5.41, 5.74) is 0.717. The highest BCUT2D eigenvalue weighted by molar-refractivity contribution is 7.92. The van der Waals surface area contributed by atoms with Crippen LogP contribution in [0.4, 0.5) is 5.69 Å². The molecule has 0 aliphatic heterocycles. The van der Waals surface area contributed by atoms with E-state index in [4.69, 9.17) is 23.2 Å². The van der Waals surface area contributed by atoms with Gasteiger partial charge in [0.25, 0.3) is 10.0 Å². The first-order valence-corrected chi connectivity index (χ1v) is 7.12. The molecule has 0 aliphatic rings. The van der Waals surface area contributed by atoms with Crippen LogP contribution in [0.5, 0.6) is 0 Å². The van der Waals surface area contributed by atoms with Crippen LogP contribution < -0.4 is 4.72 Å². The first kappa shape index (κ1) is 13.2. The van der Waals surface area contributed by atoms with Crippen molar-refractivity contribution in [2.75, 3.05) is 4.72 Å². The highest BCUT2D eigenvalue weighted by Gasteiger charge is 2.19. The number of hydrogen-bond acceptors (Lipinski definition) is 3. The minimum absolute atomic E-state index is 0.0773. The van der Waals surface area contributed by atoms with Crippen LogP contribution in [-0.4, -0.2) is 18.6 Å². The molecule has 18 heavy (non-hydrogen) atoms. The molecule has 96 valence electrons. The molecule has 0 unspecified atom stereocenters. The van der Waals surface area contributed by atoms with Gasteiger partial charge in [-0.15, -0.1) is 0 Å². The molecule has 1 aromatic heterocycles. The highest BCUT2D eigenvalue weighted by Crippen LogP contribution is 2.27. The predicted octanol–water partition coefficient (Wildman–Crippen LogP) is 2.83. The second kappa shape index (κ2) is 4.79. The zero-order chi connectivity index (χ0) is 13.3. The molecule has 2 aromatic rings. The standard InChI is InChI=1S/C10H9Cl2N3O2S/c1-6-10(5-13-14-6)18(16,17)15-9-3-2-7(11)4-8(9)12/h2-5,15H,1H3,(H,13,14). The van der Waals surface area contributed by atoms with Crippen molar-refractivity contribution in [2.24, 2.45) is 0 Å². The monoisotopic (exact) mass is 305 g/mol. The molecule has 2 N–H and O–H groups in total. The van der Waals surface area contributed by atoms with Crippen LogP contribution in [0.1, 0.15) is 5.69 Å². The van der Waals surface area contributed by atoms with Gasteiger partial charge in [0.15, 0.2) is 0 Å². The Labute approximate surface area is 114 Å². The van der Waals surface area contributed by atoms with Crippen LogP contribution in [0, 0.1) is 6.92 Å². The summed E-state index contributed by atoms with van der Waals surface area (Å²) in [5, 5.41) is 6.89. The Hall–Kier alpha value is -1.24. The number of aromatic amines is 1. The Morgan fingerprint density at radius 3 is 2.61 bits per heavy atom. The molecule has 0 radical (unpaired) electrons. The number of aryl methyl sites for hydroxylation is 1. The van der Waals surface area contributed by atoms with Crippen molar-refractivity contribution in [3.05, 3.63) is 40.1 Å². The van der Waals surface area contributed by atoms with Gasteiger partial charge in [-0.3, -0.25) is 9.82 Å². The van der Waals surface area contributed by atoms with Crippen LogP contribution in [0.2, 0.25) is 10.0 Å². The molecule has 8 heteroatoms. The van der Waals surface area contributed by atoms with E-state index in [2.05, 4.69) is 14.9 Å². The molecule has 1 heterocycles. The zero-order valence-corrected chi connectivity index (χ0v) is 11.6. The van der Waals surface area contributed by atoms with Gasteiger partial charge in [0.1, 0.15) is 4.90 Å². The summed E-state index contributed by atoms with van der Waals surface area (Å²) in [6.07, 6.45) is 1.24. The first-order chi connectivity index (χ1) is 8.40. The van der Waals surface area contributed by atoms with Gasteiger partial charge in [0.2, 0.25) is 0 Å². The average molecular weight is 306 g/mol. The Bertz CT molecular complexity index is 682. The number of H-pyrrole nitrogens is 1. The molecule has 2 rings (SSSR count). The number of aromatic nitrogens is 2. The van der Waals surface area contributed by atoms with E-state index in [1.54, 1.807) is 13.0 Å². The molecule has 0 atom stereocenters. The minimum atomic E-state index is -3.71. The van der Waals surface area contributed by atoms with Gasteiger partial charge in [-0.05, 0) is 25.1 Å². The average Bonchev–Trinajstić information content (AvgIpc) is 2.69. The van der Waals surface area contributed by atoms with E-state index in [0.29, 0.717) is 10.7 Å². The van der Waals surface area contributed by atoms with E-state index in [1.165, 1.54) is 18.3 Å². The third-order valence-electron chi connectivity index (χ3n) is 2.25. The van der Waals surface area contributed by atoms with Crippen molar-refractivity contribution in [2.45, 2.75) is 11.8 Å². The molecule has 5 nitrogen and oxygen atoms in total. The summed E-state index contributed by atoms with van der Waals surface area (Å²) in [6, 6.07) is 4.51. The number of nitrogens with zero attached hydrogens (tertiary/aromatic N) is 1. The van der Waals surface area contributed by atoms with E-state index < -0.39 is 10.0 Å². The quantitative estimate of drug-likeness (QED) is 0.915. The summed E-state index contributed by atoms with van der Waals surface area (Å²) in [5.74, 6) is 0. The lowest BCUT2D eigenvalue weighted by Crippen LogP contribution is -2.13. The molecule has 0 bridgehead atoms. The Kier molecular flexibility index (Phi) is 3.52. The number of halogens is 2. The summed E-state index contributed by atoms with van der Waals surface area (Å²) in [7, 11) is -3.71. The van der Waals surface area contributed by atoms with E-state index in [9.17, 15) is 8.42 Å². The number of rotatable bonds is 3. The summed E-state index contributed by atoms with van der Waals surface area (Å²) >= 11 is 11.6. The molecule has 0 saturated heterocycles. The SMILES string of the molecule is Cc1[nH]ncc1S(=O)(=O)Nc1ccc(Cl)cc1Cl. The summed E-state index contributed by atoms with van der Waals surface area (Å²) in [4.78, 5) is 0.0773. The largest absolute Gasteiger partial charge is 0.281 e. The van der Waals surface area contributed by atoms with Crippen LogP contribution >= 0.6 is 23.2 Å². The smallest absolute Gasteiger partial charge is 0.265 e. The van der Waals surface area contributed by atoms with Crippen LogP contribution in [0.15, 0.2) is 29.3 Å². The number of sulfonamides is 1. The fourth-order valence-electron chi connectivity index (χ4n) is 1.38. The lowest BCUT2D eigenvalue weighted by Gasteiger charge is -2.08. The van der Waals surface area contributed by atoms with E-state index in [0.717, 1.165) is 0 Å². The second-order valence-electron chi connectivity index (χ2n) is 3.59. The van der Waals surface area contributed by atoms with Gasteiger partial charge in [-0.25, -0.2) is 8.42 Å². The van der Waals surface area contributed by atoms with E-state index >= 15 is 0 Å². The van der Waals surface area contributed by atoms with Crippen molar-refractivity contribution >= 4 is 38.9 Å². The van der Waals surface area contributed by atoms with Gasteiger partial charge in [0, 0.05) is 5.02 Å². The van der Waals surface area contributed by atoms with E-state index in [-0.39, 0.29) is 15.6 Å². The number of anilines is 1. The molecular weight excluding hydrogens is 297 g/mol. The maximum absolute atomic E-state index is 12.1. The molecule has 0 fully saturated rings. The third kappa shape index (κ3) is 2.60. The minimum Gasteiger partial charge on any atom is -0.281 e. The van der Waals surface area contributed by atoms with Crippen LogP contribution in [-0.2, 0) is 10.0 Å². The van der Waals surface area contributed by atoms with Crippen molar-refractivity contribution in [1.29, 1.82) is 0 Å². The molecule has 0 amide bonds. The molecular formula is C10H9Cl2N3O2S. The predicted molar refractivity (Wildman–Crippen MR) is 70.6 cm³/mol. The topological polar surface area (TPSA) is 74.8 Å². The van der Waals surface area contributed by atoms with Crippen molar-refractivity contribution in [1.82, 2.24) is 10.2 Å². The number of hydrogen-bond donors (Lipinski definition) is 2. The Morgan fingerprint density at radius 2 is 2.06 bits per heavy atom.